The van der Waals surface area contributed by atoms with E-state index in [1.807, 2.05) is 0 Å². The summed E-state index contributed by atoms with van der Waals surface area (Å²) in [6, 6.07) is 4.59. The maximum absolute atomic E-state index is 12.8. The number of alkyl halides is 1. The number of phenolic OH excluding ortho intramolecular Hbond substituents is 1. The summed E-state index contributed by atoms with van der Waals surface area (Å²) in [5, 5.41) is 17.8. The molecule has 14 heavy (non-hydrogen) atoms. The Morgan fingerprint density at radius 3 is 2.79 bits per heavy atom. The van der Waals surface area contributed by atoms with Gasteiger partial charge < -0.3 is 14.9 Å². The average Bonchev–Trinajstić information content (AvgIpc) is 2.20. The van der Waals surface area contributed by atoms with Crippen LogP contribution in [0.5, 0.6) is 11.5 Å². The van der Waals surface area contributed by atoms with Gasteiger partial charge in [0.1, 0.15) is 6.17 Å². The van der Waals surface area contributed by atoms with E-state index < -0.39 is 12.8 Å². The Labute approximate surface area is 81.8 Å². The van der Waals surface area contributed by atoms with Gasteiger partial charge in [-0.05, 0) is 17.7 Å². The molecule has 0 radical (unpaired) electrons. The molecule has 0 aliphatic rings. The quantitative estimate of drug-likeness (QED) is 0.769. The third-order valence-corrected chi connectivity index (χ3v) is 1.90. The highest BCUT2D eigenvalue weighted by Crippen LogP contribution is 2.26. The fraction of sp³-hybridized carbons (Fsp3) is 0.400. The number of aliphatic hydroxyl groups excluding tert-OH is 1. The Hall–Kier alpha value is -1.29. The van der Waals surface area contributed by atoms with E-state index in [1.165, 1.54) is 13.2 Å². The number of aromatic hydroxyl groups is 1. The lowest BCUT2D eigenvalue weighted by Gasteiger charge is -2.08. The molecular formula is C10H13FO3. The van der Waals surface area contributed by atoms with E-state index in [-0.39, 0.29) is 12.2 Å². The van der Waals surface area contributed by atoms with Crippen molar-refractivity contribution in [1.82, 2.24) is 0 Å². The Bertz CT molecular complexity index is 301. The first-order chi connectivity index (χ1) is 6.67. The molecule has 0 fully saturated rings. The van der Waals surface area contributed by atoms with Gasteiger partial charge in [0.2, 0.25) is 0 Å². The lowest BCUT2D eigenvalue weighted by molar-refractivity contribution is 0.177. The molecule has 0 bridgehead atoms. The van der Waals surface area contributed by atoms with Crippen molar-refractivity contribution in [3.63, 3.8) is 0 Å². The van der Waals surface area contributed by atoms with E-state index in [9.17, 15) is 9.50 Å². The van der Waals surface area contributed by atoms with E-state index in [2.05, 4.69) is 0 Å². The van der Waals surface area contributed by atoms with Gasteiger partial charge in [-0.3, -0.25) is 0 Å². The van der Waals surface area contributed by atoms with Crippen molar-refractivity contribution >= 4 is 0 Å². The van der Waals surface area contributed by atoms with E-state index in [0.717, 1.165) is 0 Å². The summed E-state index contributed by atoms with van der Waals surface area (Å²) in [5.74, 6) is 0.336. The van der Waals surface area contributed by atoms with Crippen molar-refractivity contribution in [3.05, 3.63) is 23.8 Å². The lowest BCUT2D eigenvalue weighted by Crippen LogP contribution is -2.09. The van der Waals surface area contributed by atoms with Crippen molar-refractivity contribution < 1.29 is 19.3 Å². The highest BCUT2D eigenvalue weighted by atomic mass is 19.1. The van der Waals surface area contributed by atoms with Crippen LogP contribution in [0.15, 0.2) is 18.2 Å². The number of hydrogen-bond acceptors (Lipinski definition) is 3. The van der Waals surface area contributed by atoms with E-state index in [0.29, 0.717) is 11.3 Å². The number of methoxy groups -OCH3 is 1. The first kappa shape index (κ1) is 10.8. The molecule has 0 amide bonds. The molecule has 0 spiro atoms. The number of phenols is 1. The monoisotopic (exact) mass is 200 g/mol. The molecule has 4 heteroatoms. The Morgan fingerprint density at radius 2 is 2.21 bits per heavy atom. The molecule has 1 atom stereocenters. The average molecular weight is 200 g/mol. The fourth-order valence-electron chi connectivity index (χ4n) is 1.17. The summed E-state index contributed by atoms with van der Waals surface area (Å²) in [4.78, 5) is 0. The van der Waals surface area contributed by atoms with Crippen LogP contribution < -0.4 is 4.74 Å². The molecule has 2 N–H and O–H groups in total. The third kappa shape index (κ3) is 2.60. The second-order valence-electron chi connectivity index (χ2n) is 2.99. The van der Waals surface area contributed by atoms with Crippen molar-refractivity contribution in [3.8, 4) is 11.5 Å². The number of hydrogen-bond donors (Lipinski definition) is 2. The summed E-state index contributed by atoms with van der Waals surface area (Å²) in [6.07, 6.45) is -1.16. The van der Waals surface area contributed by atoms with E-state index in [4.69, 9.17) is 9.84 Å². The molecule has 0 saturated carbocycles. The van der Waals surface area contributed by atoms with Gasteiger partial charge in [0.05, 0.1) is 13.7 Å². The summed E-state index contributed by atoms with van der Waals surface area (Å²) in [6.45, 7) is -0.497. The topological polar surface area (TPSA) is 49.7 Å². The van der Waals surface area contributed by atoms with Gasteiger partial charge in [-0.15, -0.1) is 0 Å². The zero-order chi connectivity index (χ0) is 10.6. The first-order valence-electron chi connectivity index (χ1n) is 4.28. The van der Waals surface area contributed by atoms with Crippen LogP contribution in [-0.4, -0.2) is 30.1 Å². The zero-order valence-electron chi connectivity index (χ0n) is 7.90. The summed E-state index contributed by atoms with van der Waals surface area (Å²) in [5.41, 5.74) is 0.682. The molecule has 0 saturated heterocycles. The second-order valence-corrected chi connectivity index (χ2v) is 2.99. The van der Waals surface area contributed by atoms with Gasteiger partial charge in [0, 0.05) is 6.42 Å². The van der Waals surface area contributed by atoms with Crippen LogP contribution >= 0.6 is 0 Å². The Balaban J connectivity index is 2.79. The maximum atomic E-state index is 12.8. The number of rotatable bonds is 4. The molecule has 0 aliphatic carbocycles. The van der Waals surface area contributed by atoms with Crippen LogP contribution in [0.2, 0.25) is 0 Å². The predicted molar refractivity (Wildman–Crippen MR) is 50.3 cm³/mol. The molecule has 0 aromatic heterocycles. The Morgan fingerprint density at radius 1 is 1.50 bits per heavy atom. The molecule has 3 nitrogen and oxygen atoms in total. The maximum Gasteiger partial charge on any atom is 0.160 e. The zero-order valence-corrected chi connectivity index (χ0v) is 7.90. The normalized spacial score (nSPS) is 12.5. The third-order valence-electron chi connectivity index (χ3n) is 1.90. The van der Waals surface area contributed by atoms with Crippen molar-refractivity contribution in [2.75, 3.05) is 13.7 Å². The van der Waals surface area contributed by atoms with E-state index in [1.54, 1.807) is 12.1 Å². The number of halogens is 1. The van der Waals surface area contributed by atoms with Gasteiger partial charge in [-0.1, -0.05) is 6.07 Å². The van der Waals surface area contributed by atoms with Crippen LogP contribution in [0, 0.1) is 0 Å². The first-order valence-corrected chi connectivity index (χ1v) is 4.28. The van der Waals surface area contributed by atoms with Crippen molar-refractivity contribution in [2.45, 2.75) is 12.6 Å². The Kier molecular flexibility index (Phi) is 3.71. The molecule has 78 valence electrons. The highest BCUT2D eigenvalue weighted by molar-refractivity contribution is 5.41. The van der Waals surface area contributed by atoms with Crippen LogP contribution in [0.25, 0.3) is 0 Å². The summed E-state index contributed by atoms with van der Waals surface area (Å²) >= 11 is 0. The summed E-state index contributed by atoms with van der Waals surface area (Å²) < 4.78 is 17.7. The van der Waals surface area contributed by atoms with Crippen LogP contribution in [0.3, 0.4) is 0 Å². The van der Waals surface area contributed by atoms with Gasteiger partial charge in [-0.2, -0.15) is 0 Å². The van der Waals surface area contributed by atoms with Crippen LogP contribution in [0.4, 0.5) is 4.39 Å². The fourth-order valence-corrected chi connectivity index (χ4v) is 1.17. The molecule has 1 unspecified atom stereocenters. The number of benzene rings is 1. The van der Waals surface area contributed by atoms with Gasteiger partial charge in [-0.25, -0.2) is 4.39 Å². The minimum Gasteiger partial charge on any atom is -0.504 e. The predicted octanol–water partition coefficient (Wildman–Crippen LogP) is 1.27. The van der Waals surface area contributed by atoms with Crippen LogP contribution in [-0.2, 0) is 6.42 Å². The molecule has 1 rings (SSSR count). The van der Waals surface area contributed by atoms with Gasteiger partial charge in [0.15, 0.2) is 11.5 Å². The molecule has 1 aromatic carbocycles. The number of aliphatic hydroxyl groups is 1. The minimum absolute atomic E-state index is 0.0238. The van der Waals surface area contributed by atoms with E-state index >= 15 is 0 Å². The second kappa shape index (κ2) is 4.81. The smallest absolute Gasteiger partial charge is 0.160 e. The molecule has 0 aliphatic heterocycles. The number of ether oxygens (including phenoxy) is 1. The van der Waals surface area contributed by atoms with Gasteiger partial charge in [0.25, 0.3) is 0 Å². The van der Waals surface area contributed by atoms with Crippen LogP contribution in [0.1, 0.15) is 5.56 Å². The minimum atomic E-state index is -1.27. The highest BCUT2D eigenvalue weighted by Gasteiger charge is 2.08. The molecule has 1 aromatic rings. The van der Waals surface area contributed by atoms with Crippen molar-refractivity contribution in [2.24, 2.45) is 0 Å². The molecular weight excluding hydrogens is 187 g/mol. The largest absolute Gasteiger partial charge is 0.504 e. The van der Waals surface area contributed by atoms with Gasteiger partial charge >= 0.3 is 0 Å². The standard InChI is InChI=1S/C10H13FO3/c1-14-10-5-7(2-3-9(10)13)4-8(11)6-12/h2-3,5,8,12-13H,4,6H2,1H3. The lowest BCUT2D eigenvalue weighted by atomic mass is 10.1. The molecule has 0 heterocycles. The SMILES string of the molecule is COc1cc(CC(F)CO)ccc1O. The van der Waals surface area contributed by atoms with Crippen molar-refractivity contribution in [1.29, 1.82) is 0 Å². The summed E-state index contributed by atoms with van der Waals surface area (Å²) in [7, 11) is 1.43.